The van der Waals surface area contributed by atoms with Gasteiger partial charge in [0.05, 0.1) is 4.90 Å². The van der Waals surface area contributed by atoms with Crippen LogP contribution < -0.4 is 15.4 Å². The first-order chi connectivity index (χ1) is 11.0. The highest BCUT2D eigenvalue weighted by atomic mass is 32.2. The summed E-state index contributed by atoms with van der Waals surface area (Å²) in [6.45, 7) is 1.92. The van der Waals surface area contributed by atoms with Crippen LogP contribution in [0.3, 0.4) is 0 Å². The number of carbonyl (C=O) groups is 1. The largest absolute Gasteiger partial charge is 0.356 e. The van der Waals surface area contributed by atoms with E-state index in [1.165, 1.54) is 0 Å². The minimum Gasteiger partial charge on any atom is -0.356 e. The molecule has 1 amide bonds. The van der Waals surface area contributed by atoms with Gasteiger partial charge in [0, 0.05) is 25.1 Å². The second-order valence-electron chi connectivity index (χ2n) is 5.24. The number of amides is 1. The number of nitrogens with zero attached hydrogens (tertiary/aromatic N) is 1. The van der Waals surface area contributed by atoms with E-state index in [4.69, 9.17) is 0 Å². The fraction of sp³-hybridized carbons (Fsp3) is 0.467. The van der Waals surface area contributed by atoms with Crippen molar-refractivity contribution in [1.82, 2.24) is 15.4 Å². The van der Waals surface area contributed by atoms with Gasteiger partial charge in [0.25, 0.3) is 10.0 Å². The predicted molar refractivity (Wildman–Crippen MR) is 89.0 cm³/mol. The Balaban J connectivity index is 1.80. The van der Waals surface area contributed by atoms with Gasteiger partial charge >= 0.3 is 0 Å². The van der Waals surface area contributed by atoms with Crippen molar-refractivity contribution in [3.8, 4) is 0 Å². The smallest absolute Gasteiger partial charge is 0.263 e. The van der Waals surface area contributed by atoms with Gasteiger partial charge in [-0.25, -0.2) is 8.42 Å². The molecule has 1 aromatic carbocycles. The summed E-state index contributed by atoms with van der Waals surface area (Å²) < 4.78 is 26.3. The molecule has 126 valence electrons. The Labute approximate surface area is 136 Å². The van der Waals surface area contributed by atoms with Crippen molar-refractivity contribution in [2.45, 2.75) is 24.2 Å². The number of hydrogen-bond donors (Lipinski definition) is 3. The van der Waals surface area contributed by atoms with E-state index in [1.54, 1.807) is 24.3 Å². The second-order valence-corrected chi connectivity index (χ2v) is 6.89. The highest BCUT2D eigenvalue weighted by Gasteiger charge is 2.29. The Morgan fingerprint density at radius 3 is 2.78 bits per heavy atom. The van der Waals surface area contributed by atoms with Crippen LogP contribution in [0, 0.1) is 0 Å². The Morgan fingerprint density at radius 2 is 2.00 bits per heavy atom. The monoisotopic (exact) mass is 338 g/mol. The zero-order valence-corrected chi connectivity index (χ0v) is 13.9. The van der Waals surface area contributed by atoms with Crippen molar-refractivity contribution in [2.24, 2.45) is 4.99 Å². The number of fused-ring (bicyclic) bond motifs is 1. The third kappa shape index (κ3) is 4.77. The molecule has 1 aliphatic heterocycles. The number of rotatable bonds is 8. The second kappa shape index (κ2) is 8.07. The number of sulfonamides is 1. The molecular formula is C15H22N4O3S. The standard InChI is InChI=1S/C15H22N4O3S/c1-16-9-5-11-17-14(20)8-4-10-18-15-12-6-2-3-7-13(12)23(21,22)19-15/h2-3,6-7,16H,4-5,8-11H2,1H3,(H,17,20)(H,18,19). The molecule has 0 bridgehead atoms. The fourth-order valence-electron chi connectivity index (χ4n) is 2.26. The van der Waals surface area contributed by atoms with E-state index in [0.717, 1.165) is 13.0 Å². The Morgan fingerprint density at radius 1 is 1.22 bits per heavy atom. The van der Waals surface area contributed by atoms with Crippen LogP contribution in [-0.4, -0.2) is 46.8 Å². The molecule has 3 N–H and O–H groups in total. The Bertz CT molecular complexity index is 686. The molecule has 0 radical (unpaired) electrons. The normalized spacial score (nSPS) is 16.8. The van der Waals surface area contributed by atoms with E-state index >= 15 is 0 Å². The summed E-state index contributed by atoms with van der Waals surface area (Å²) in [5, 5.41) is 5.85. The first-order valence-electron chi connectivity index (χ1n) is 7.62. The lowest BCUT2D eigenvalue weighted by Gasteiger charge is -2.04. The molecule has 0 saturated heterocycles. The molecule has 0 saturated carbocycles. The SMILES string of the molecule is CNCCCNC(=O)CCCN=C1NS(=O)(=O)c2ccccc21. The van der Waals surface area contributed by atoms with Gasteiger partial charge in [-0.1, -0.05) is 12.1 Å². The highest BCUT2D eigenvalue weighted by Crippen LogP contribution is 2.22. The van der Waals surface area contributed by atoms with Crippen LogP contribution in [0.15, 0.2) is 34.2 Å². The summed E-state index contributed by atoms with van der Waals surface area (Å²) in [5.41, 5.74) is 0.587. The van der Waals surface area contributed by atoms with Gasteiger partial charge in [-0.3, -0.25) is 14.5 Å². The van der Waals surface area contributed by atoms with Crippen molar-refractivity contribution < 1.29 is 13.2 Å². The van der Waals surface area contributed by atoms with Crippen LogP contribution in [-0.2, 0) is 14.8 Å². The maximum atomic E-state index is 11.9. The first kappa shape index (κ1) is 17.4. The van der Waals surface area contributed by atoms with Crippen LogP contribution in [0.5, 0.6) is 0 Å². The molecule has 23 heavy (non-hydrogen) atoms. The molecule has 0 aromatic heterocycles. The molecule has 0 fully saturated rings. The zero-order chi connectivity index (χ0) is 16.7. The van der Waals surface area contributed by atoms with Crippen molar-refractivity contribution >= 4 is 21.8 Å². The van der Waals surface area contributed by atoms with Gasteiger partial charge in [-0.2, -0.15) is 0 Å². The molecule has 0 aliphatic carbocycles. The lowest BCUT2D eigenvalue weighted by Crippen LogP contribution is -2.26. The Kier molecular flexibility index (Phi) is 6.12. The summed E-state index contributed by atoms with van der Waals surface area (Å²) in [6, 6.07) is 6.73. The van der Waals surface area contributed by atoms with E-state index in [2.05, 4.69) is 20.3 Å². The molecule has 0 spiro atoms. The van der Waals surface area contributed by atoms with Crippen LogP contribution in [0.2, 0.25) is 0 Å². The number of nitrogens with one attached hydrogen (secondary N) is 3. The van der Waals surface area contributed by atoms with Gasteiger partial charge in [-0.15, -0.1) is 0 Å². The van der Waals surface area contributed by atoms with Crippen molar-refractivity contribution in [3.63, 3.8) is 0 Å². The predicted octanol–water partition coefficient (Wildman–Crippen LogP) is 0.231. The van der Waals surface area contributed by atoms with E-state index in [1.807, 2.05) is 7.05 Å². The average Bonchev–Trinajstić information content (AvgIpc) is 2.80. The third-order valence-electron chi connectivity index (χ3n) is 3.42. The number of hydrogen-bond acceptors (Lipinski definition) is 5. The van der Waals surface area contributed by atoms with Crippen LogP contribution in [0.4, 0.5) is 0 Å². The molecule has 2 rings (SSSR count). The number of aliphatic imine (C=N–C) groups is 1. The van der Waals surface area contributed by atoms with Gasteiger partial charge in [-0.05, 0) is 38.6 Å². The van der Waals surface area contributed by atoms with Gasteiger partial charge in [0.15, 0.2) is 0 Å². The highest BCUT2D eigenvalue weighted by molar-refractivity contribution is 7.90. The lowest BCUT2D eigenvalue weighted by molar-refractivity contribution is -0.121. The van der Waals surface area contributed by atoms with E-state index < -0.39 is 10.0 Å². The van der Waals surface area contributed by atoms with Crippen molar-refractivity contribution in [3.05, 3.63) is 29.8 Å². The number of carbonyl (C=O) groups excluding carboxylic acids is 1. The average molecular weight is 338 g/mol. The molecule has 1 heterocycles. The zero-order valence-electron chi connectivity index (χ0n) is 13.1. The number of amidine groups is 1. The van der Waals surface area contributed by atoms with Gasteiger partial charge < -0.3 is 10.6 Å². The molecule has 0 unspecified atom stereocenters. The molecule has 7 nitrogen and oxygen atoms in total. The van der Waals surface area contributed by atoms with E-state index in [-0.39, 0.29) is 10.8 Å². The van der Waals surface area contributed by atoms with Crippen molar-refractivity contribution in [1.29, 1.82) is 0 Å². The summed E-state index contributed by atoms with van der Waals surface area (Å²) >= 11 is 0. The minimum absolute atomic E-state index is 0.00583. The summed E-state index contributed by atoms with van der Waals surface area (Å²) in [4.78, 5) is 16.1. The third-order valence-corrected chi connectivity index (χ3v) is 4.82. The maximum absolute atomic E-state index is 11.9. The Hall–Kier alpha value is -1.93. The minimum atomic E-state index is -3.49. The van der Waals surface area contributed by atoms with Gasteiger partial charge in [0.1, 0.15) is 5.84 Å². The molecular weight excluding hydrogens is 316 g/mol. The lowest BCUT2D eigenvalue weighted by atomic mass is 10.2. The molecule has 8 heteroatoms. The molecule has 1 aliphatic rings. The topological polar surface area (TPSA) is 99.7 Å². The summed E-state index contributed by atoms with van der Waals surface area (Å²) in [6.07, 6.45) is 1.85. The van der Waals surface area contributed by atoms with Crippen LogP contribution >= 0.6 is 0 Å². The quantitative estimate of drug-likeness (QED) is 0.591. The first-order valence-corrected chi connectivity index (χ1v) is 9.11. The fourth-order valence-corrected chi connectivity index (χ4v) is 3.51. The molecule has 1 aromatic rings. The van der Waals surface area contributed by atoms with Crippen LogP contribution in [0.25, 0.3) is 0 Å². The van der Waals surface area contributed by atoms with E-state index in [9.17, 15) is 13.2 Å². The summed E-state index contributed by atoms with van der Waals surface area (Å²) in [5.74, 6) is 0.351. The van der Waals surface area contributed by atoms with E-state index in [0.29, 0.717) is 37.3 Å². The number of benzene rings is 1. The maximum Gasteiger partial charge on any atom is 0.263 e. The van der Waals surface area contributed by atoms with Gasteiger partial charge in [0.2, 0.25) is 5.91 Å². The van der Waals surface area contributed by atoms with Crippen molar-refractivity contribution in [2.75, 3.05) is 26.7 Å². The van der Waals surface area contributed by atoms with Crippen LogP contribution in [0.1, 0.15) is 24.8 Å². The molecule has 0 atom stereocenters. The summed E-state index contributed by atoms with van der Waals surface area (Å²) in [7, 11) is -1.62.